The fourth-order valence-electron chi connectivity index (χ4n) is 6.79. The maximum atomic E-state index is 14.0. The van der Waals surface area contributed by atoms with Crippen molar-refractivity contribution in [2.75, 3.05) is 25.6 Å². The maximum Gasteiger partial charge on any atom is 0.262 e. The second-order valence-corrected chi connectivity index (χ2v) is 14.4. The molecule has 0 bridgehead atoms. The molecule has 1 amide bonds. The molecule has 2 aromatic carbocycles. The fourth-order valence-corrected chi connectivity index (χ4v) is 7.19. The van der Waals surface area contributed by atoms with Crippen LogP contribution in [0, 0.1) is 10.8 Å². The molecule has 3 aliphatic rings. The van der Waals surface area contributed by atoms with Crippen LogP contribution in [0.5, 0.6) is 11.5 Å². The number of carbonyl (C=O) groups excluding carboxylic acids is 3. The molecule has 5 rings (SSSR count). The van der Waals surface area contributed by atoms with Crippen molar-refractivity contribution in [3.05, 3.63) is 74.5 Å². The van der Waals surface area contributed by atoms with Crippen molar-refractivity contribution in [2.24, 2.45) is 10.8 Å². The highest BCUT2D eigenvalue weighted by Gasteiger charge is 2.49. The molecular weight excluding hydrogens is 599 g/mol. The Kier molecular flexibility index (Phi) is 8.94. The SMILES string of the molecule is CCCN1C2=C(C(=O)CC(C)(C)C2)C(c2cc(Cl)c(OCC(=O)Nc3ccc(Cl)cc3)c(OC)c2)C2=C1CC(C)(C)CC2=O. The van der Waals surface area contributed by atoms with Gasteiger partial charge in [-0.05, 0) is 72.1 Å². The van der Waals surface area contributed by atoms with Crippen molar-refractivity contribution in [2.45, 2.75) is 72.6 Å². The molecule has 44 heavy (non-hydrogen) atoms. The number of allylic oxidation sites excluding steroid dienone is 4. The number of amides is 1. The Morgan fingerprint density at radius 2 is 1.50 bits per heavy atom. The highest BCUT2D eigenvalue weighted by Crippen LogP contribution is 2.55. The van der Waals surface area contributed by atoms with Crippen LogP contribution in [0.25, 0.3) is 0 Å². The molecule has 0 fully saturated rings. The Hall–Kier alpha value is -3.29. The van der Waals surface area contributed by atoms with E-state index < -0.39 is 5.92 Å². The van der Waals surface area contributed by atoms with E-state index in [2.05, 4.69) is 44.8 Å². The summed E-state index contributed by atoms with van der Waals surface area (Å²) in [5, 5.41) is 3.55. The molecule has 0 saturated carbocycles. The number of nitrogens with zero attached hydrogens (tertiary/aromatic N) is 1. The zero-order chi connectivity index (χ0) is 32.0. The number of halogens is 2. The van der Waals surface area contributed by atoms with Crippen molar-refractivity contribution in [1.29, 1.82) is 0 Å². The van der Waals surface area contributed by atoms with Crippen LogP contribution >= 0.6 is 23.2 Å². The van der Waals surface area contributed by atoms with Crippen molar-refractivity contribution < 1.29 is 23.9 Å². The smallest absolute Gasteiger partial charge is 0.262 e. The van der Waals surface area contributed by atoms with Crippen LogP contribution in [0.1, 0.15) is 78.2 Å². The van der Waals surface area contributed by atoms with Crippen molar-refractivity contribution in [3.63, 3.8) is 0 Å². The molecule has 2 aliphatic carbocycles. The van der Waals surface area contributed by atoms with Gasteiger partial charge in [0.1, 0.15) is 0 Å². The molecule has 1 heterocycles. The third-order valence-electron chi connectivity index (χ3n) is 8.53. The summed E-state index contributed by atoms with van der Waals surface area (Å²) in [6.45, 7) is 11.1. The molecule has 0 saturated heterocycles. The van der Waals surface area contributed by atoms with E-state index in [-0.39, 0.29) is 45.7 Å². The van der Waals surface area contributed by atoms with Gasteiger partial charge in [-0.15, -0.1) is 0 Å². The molecule has 0 atom stereocenters. The molecule has 7 nitrogen and oxygen atoms in total. The molecular formula is C35H40Cl2N2O5. The highest BCUT2D eigenvalue weighted by atomic mass is 35.5. The van der Waals surface area contributed by atoms with E-state index in [4.69, 9.17) is 32.7 Å². The van der Waals surface area contributed by atoms with E-state index in [0.717, 1.165) is 37.2 Å². The number of anilines is 1. The molecule has 0 spiro atoms. The molecule has 0 unspecified atom stereocenters. The number of nitrogens with one attached hydrogen (secondary N) is 1. The molecule has 0 radical (unpaired) electrons. The summed E-state index contributed by atoms with van der Waals surface area (Å²) in [5.74, 6) is -0.300. The van der Waals surface area contributed by atoms with Crippen LogP contribution in [0.2, 0.25) is 10.0 Å². The Bertz CT molecular complexity index is 1520. The van der Waals surface area contributed by atoms with Gasteiger partial charge in [-0.2, -0.15) is 0 Å². The largest absolute Gasteiger partial charge is 0.493 e. The second kappa shape index (κ2) is 12.2. The summed E-state index contributed by atoms with van der Waals surface area (Å²) in [7, 11) is 1.50. The summed E-state index contributed by atoms with van der Waals surface area (Å²) in [6.07, 6.45) is 3.17. The van der Waals surface area contributed by atoms with E-state index in [0.29, 0.717) is 46.0 Å². The third-order valence-corrected chi connectivity index (χ3v) is 9.06. The second-order valence-electron chi connectivity index (χ2n) is 13.6. The van der Waals surface area contributed by atoms with Crippen LogP contribution in [0.3, 0.4) is 0 Å². The van der Waals surface area contributed by atoms with Gasteiger partial charge in [-0.1, -0.05) is 57.8 Å². The lowest BCUT2D eigenvalue weighted by Gasteiger charge is -2.49. The first-order valence-corrected chi connectivity index (χ1v) is 15.8. The molecule has 2 aromatic rings. The lowest BCUT2D eigenvalue weighted by atomic mass is 9.63. The first kappa shape index (κ1) is 32.1. The van der Waals surface area contributed by atoms with Crippen LogP contribution in [-0.2, 0) is 14.4 Å². The first-order valence-electron chi connectivity index (χ1n) is 15.1. The van der Waals surface area contributed by atoms with Crippen LogP contribution in [-0.4, -0.2) is 42.6 Å². The Balaban J connectivity index is 1.56. The molecule has 0 aromatic heterocycles. The lowest BCUT2D eigenvalue weighted by molar-refractivity contribution is -0.120. The van der Waals surface area contributed by atoms with E-state index in [1.807, 2.05) is 0 Å². The molecule has 234 valence electrons. The number of hydrogen-bond acceptors (Lipinski definition) is 6. The molecule has 1 aliphatic heterocycles. The summed E-state index contributed by atoms with van der Waals surface area (Å²) in [4.78, 5) is 42.9. The minimum atomic E-state index is -0.561. The number of Topliss-reactive ketones (excluding diaryl/α,β-unsaturated/α-hetero) is 2. The van der Waals surface area contributed by atoms with Gasteiger partial charge >= 0.3 is 0 Å². The Morgan fingerprint density at radius 1 is 0.932 bits per heavy atom. The summed E-state index contributed by atoms with van der Waals surface area (Å²) < 4.78 is 11.6. The van der Waals surface area contributed by atoms with Gasteiger partial charge in [0.15, 0.2) is 29.7 Å². The van der Waals surface area contributed by atoms with Gasteiger partial charge in [-0.3, -0.25) is 14.4 Å². The van der Waals surface area contributed by atoms with Crippen molar-refractivity contribution >= 4 is 46.4 Å². The summed E-state index contributed by atoms with van der Waals surface area (Å²) >= 11 is 12.8. The number of hydrogen-bond donors (Lipinski definition) is 1. The zero-order valence-electron chi connectivity index (χ0n) is 26.2. The third kappa shape index (κ3) is 6.40. The average Bonchev–Trinajstić information content (AvgIpc) is 2.92. The number of carbonyl (C=O) groups is 3. The minimum absolute atomic E-state index is 0.0563. The van der Waals surface area contributed by atoms with Crippen molar-refractivity contribution in [1.82, 2.24) is 4.90 Å². The lowest BCUT2D eigenvalue weighted by Crippen LogP contribution is -2.44. The maximum absolute atomic E-state index is 14.0. The summed E-state index contributed by atoms with van der Waals surface area (Å²) in [5.41, 5.74) is 4.27. The van der Waals surface area contributed by atoms with Gasteiger partial charge in [0.05, 0.1) is 12.1 Å². The monoisotopic (exact) mass is 638 g/mol. The fraction of sp³-hybridized carbons (Fsp3) is 0.457. The van der Waals surface area contributed by atoms with E-state index in [1.165, 1.54) is 7.11 Å². The minimum Gasteiger partial charge on any atom is -0.493 e. The Morgan fingerprint density at radius 3 is 2.02 bits per heavy atom. The van der Waals surface area contributed by atoms with Crippen LogP contribution in [0.15, 0.2) is 58.9 Å². The highest BCUT2D eigenvalue weighted by molar-refractivity contribution is 6.32. The van der Waals surface area contributed by atoms with Crippen molar-refractivity contribution in [3.8, 4) is 11.5 Å². The number of ether oxygens (including phenoxy) is 2. The number of benzene rings is 2. The number of ketones is 2. The van der Waals surface area contributed by atoms with E-state index >= 15 is 0 Å². The van der Waals surface area contributed by atoms with Gasteiger partial charge in [0.25, 0.3) is 5.91 Å². The molecule has 9 heteroatoms. The standard InChI is InChI=1S/C35H40Cl2N2O5/c1-7-12-39-24-15-34(2,3)17-26(40)31(24)30(32-25(39)16-35(4,5)18-27(32)41)20-13-23(37)33(28(14-20)43-6)44-19-29(42)38-22-10-8-21(36)9-11-22/h8-11,13-14,30H,7,12,15-19H2,1-6H3,(H,38,42). The van der Waals surface area contributed by atoms with Gasteiger partial charge in [0.2, 0.25) is 0 Å². The van der Waals surface area contributed by atoms with Crippen LogP contribution in [0.4, 0.5) is 5.69 Å². The topological polar surface area (TPSA) is 84.9 Å². The van der Waals surface area contributed by atoms with Crippen LogP contribution < -0.4 is 14.8 Å². The first-order chi connectivity index (χ1) is 20.7. The normalized spacial score (nSPS) is 19.5. The summed E-state index contributed by atoms with van der Waals surface area (Å²) in [6, 6.07) is 10.3. The number of rotatable bonds is 8. The average molecular weight is 640 g/mol. The zero-order valence-corrected chi connectivity index (χ0v) is 27.7. The Labute approximate surface area is 269 Å². The van der Waals surface area contributed by atoms with Gasteiger partial charge in [0, 0.05) is 58.6 Å². The van der Waals surface area contributed by atoms with Gasteiger partial charge < -0.3 is 19.7 Å². The van der Waals surface area contributed by atoms with Gasteiger partial charge in [-0.25, -0.2) is 0 Å². The van der Waals surface area contributed by atoms with E-state index in [1.54, 1.807) is 36.4 Å². The van der Waals surface area contributed by atoms with E-state index in [9.17, 15) is 14.4 Å². The number of methoxy groups -OCH3 is 1. The quantitative estimate of drug-likeness (QED) is 0.314. The predicted octanol–water partition coefficient (Wildman–Crippen LogP) is 8.12. The predicted molar refractivity (Wildman–Crippen MR) is 173 cm³/mol. The molecule has 1 N–H and O–H groups in total.